The summed E-state index contributed by atoms with van der Waals surface area (Å²) in [6.07, 6.45) is 7.82. The van der Waals surface area contributed by atoms with Crippen molar-refractivity contribution < 1.29 is 9.53 Å². The van der Waals surface area contributed by atoms with Gasteiger partial charge >= 0.3 is 5.97 Å². The van der Waals surface area contributed by atoms with Gasteiger partial charge in [0, 0.05) is 19.6 Å². The van der Waals surface area contributed by atoms with Crippen LogP contribution in [-0.2, 0) is 9.53 Å². The Morgan fingerprint density at radius 1 is 0.963 bits per heavy atom. The Labute approximate surface area is 167 Å². The molecule has 27 heavy (non-hydrogen) atoms. The number of nitrogens with zero attached hydrogens (tertiary/aromatic N) is 1. The number of esters is 1. The van der Waals surface area contributed by atoms with E-state index in [4.69, 9.17) is 4.74 Å². The van der Waals surface area contributed by atoms with Crippen LogP contribution >= 0.6 is 0 Å². The Hall–Kier alpha value is -1.09. The number of hydrogen-bond acceptors (Lipinski definition) is 3. The maximum Gasteiger partial charge on any atom is 0.306 e. The smallest absolute Gasteiger partial charge is 0.306 e. The van der Waals surface area contributed by atoms with Gasteiger partial charge in [-0.25, -0.2) is 0 Å². The second kappa shape index (κ2) is 9.91. The van der Waals surface area contributed by atoms with Crippen LogP contribution in [0.5, 0.6) is 0 Å². The molecule has 0 aromatic carbocycles. The summed E-state index contributed by atoms with van der Waals surface area (Å²) in [5.41, 5.74) is 3.06. The van der Waals surface area contributed by atoms with E-state index >= 15 is 0 Å². The summed E-state index contributed by atoms with van der Waals surface area (Å²) >= 11 is 0. The monoisotopic (exact) mass is 375 g/mol. The number of allylic oxidation sites excluding steroid dienone is 4. The first-order chi connectivity index (χ1) is 12.7. The van der Waals surface area contributed by atoms with E-state index in [1.165, 1.54) is 31.1 Å². The summed E-state index contributed by atoms with van der Waals surface area (Å²) in [6.45, 7) is 17.0. The topological polar surface area (TPSA) is 29.5 Å². The average molecular weight is 376 g/mol. The minimum atomic E-state index is -0.0963. The highest BCUT2D eigenvalue weighted by Gasteiger charge is 2.32. The van der Waals surface area contributed by atoms with Gasteiger partial charge in [0.2, 0.25) is 0 Å². The average Bonchev–Trinajstić information content (AvgIpc) is 2.57. The minimum Gasteiger partial charge on any atom is -0.469 e. The molecule has 0 aromatic rings. The van der Waals surface area contributed by atoms with E-state index in [0.29, 0.717) is 41.9 Å². The largest absolute Gasteiger partial charge is 0.469 e. The van der Waals surface area contributed by atoms with Crippen LogP contribution in [0.25, 0.3) is 0 Å². The summed E-state index contributed by atoms with van der Waals surface area (Å²) in [4.78, 5) is 14.3. The number of rotatable bonds is 7. The predicted octanol–water partition coefficient (Wildman–Crippen LogP) is 5.33. The molecule has 154 valence electrons. The molecule has 0 radical (unpaired) electrons. The van der Waals surface area contributed by atoms with Gasteiger partial charge in [-0.2, -0.15) is 0 Å². The van der Waals surface area contributed by atoms with Crippen molar-refractivity contribution in [2.45, 2.75) is 60.8 Å². The Kier molecular flexibility index (Phi) is 8.15. The molecule has 3 heteroatoms. The molecule has 3 nitrogen and oxygen atoms in total. The molecule has 0 spiro atoms. The third kappa shape index (κ3) is 6.20. The van der Waals surface area contributed by atoms with Crippen molar-refractivity contribution >= 4 is 5.97 Å². The van der Waals surface area contributed by atoms with Crippen molar-refractivity contribution in [3.63, 3.8) is 0 Å². The summed E-state index contributed by atoms with van der Waals surface area (Å²) in [5.74, 6) is 3.86. The zero-order valence-corrected chi connectivity index (χ0v) is 18.6. The van der Waals surface area contributed by atoms with Crippen LogP contribution in [0.15, 0.2) is 23.3 Å². The normalized spacial score (nSPS) is 34.2. The zero-order valence-electron chi connectivity index (χ0n) is 18.6. The number of hydrogen-bond donors (Lipinski definition) is 0. The summed E-state index contributed by atoms with van der Waals surface area (Å²) in [6, 6.07) is 0. The van der Waals surface area contributed by atoms with E-state index in [9.17, 15) is 4.79 Å². The van der Waals surface area contributed by atoms with Crippen LogP contribution in [-0.4, -0.2) is 37.6 Å². The molecular weight excluding hydrogens is 334 g/mol. The molecule has 0 saturated heterocycles. The molecule has 0 N–H and O–H groups in total. The quantitative estimate of drug-likeness (QED) is 0.445. The van der Waals surface area contributed by atoms with Crippen molar-refractivity contribution in [1.29, 1.82) is 0 Å². The van der Waals surface area contributed by atoms with E-state index in [-0.39, 0.29) is 5.97 Å². The fraction of sp³-hybridized carbons (Fsp3) is 0.792. The summed E-state index contributed by atoms with van der Waals surface area (Å²) in [5, 5.41) is 0. The predicted molar refractivity (Wildman–Crippen MR) is 113 cm³/mol. The Bertz CT molecular complexity index is 525. The lowest BCUT2D eigenvalue weighted by Gasteiger charge is -2.41. The van der Waals surface area contributed by atoms with E-state index in [2.05, 4.69) is 58.6 Å². The van der Waals surface area contributed by atoms with Crippen molar-refractivity contribution in [2.24, 2.45) is 35.5 Å². The second-order valence-corrected chi connectivity index (χ2v) is 9.52. The van der Waals surface area contributed by atoms with Crippen molar-refractivity contribution in [3.8, 4) is 0 Å². The zero-order chi connectivity index (χ0) is 20.1. The number of carbonyl (C=O) groups is 1. The maximum absolute atomic E-state index is 11.8. The molecule has 2 aliphatic rings. The van der Waals surface area contributed by atoms with E-state index in [1.54, 1.807) is 0 Å². The Morgan fingerprint density at radius 3 is 1.78 bits per heavy atom. The third-order valence-electron chi connectivity index (χ3n) is 6.99. The molecule has 0 fully saturated rings. The first kappa shape index (κ1) is 22.2. The fourth-order valence-corrected chi connectivity index (χ4v) is 5.53. The molecule has 2 aliphatic carbocycles. The van der Waals surface area contributed by atoms with Crippen LogP contribution in [0.3, 0.4) is 0 Å². The van der Waals surface area contributed by atoms with E-state index in [1.807, 2.05) is 0 Å². The van der Waals surface area contributed by atoms with Crippen molar-refractivity contribution in [3.05, 3.63) is 23.3 Å². The first-order valence-corrected chi connectivity index (χ1v) is 10.8. The van der Waals surface area contributed by atoms with E-state index in [0.717, 1.165) is 19.6 Å². The fourth-order valence-electron chi connectivity index (χ4n) is 5.53. The molecule has 0 saturated carbocycles. The molecule has 2 rings (SSSR count). The molecule has 0 aliphatic heterocycles. The highest BCUT2D eigenvalue weighted by molar-refractivity contribution is 5.69. The number of ether oxygens (including phenoxy) is 1. The van der Waals surface area contributed by atoms with Gasteiger partial charge in [-0.05, 0) is 62.2 Å². The highest BCUT2D eigenvalue weighted by Crippen LogP contribution is 2.37. The van der Waals surface area contributed by atoms with Gasteiger partial charge in [-0.15, -0.1) is 0 Å². The van der Waals surface area contributed by atoms with Crippen LogP contribution < -0.4 is 0 Å². The number of carbonyl (C=O) groups excluding carboxylic acids is 1. The van der Waals surface area contributed by atoms with Gasteiger partial charge in [0.1, 0.15) is 0 Å². The van der Waals surface area contributed by atoms with Crippen LogP contribution in [0.1, 0.15) is 60.8 Å². The minimum absolute atomic E-state index is 0.0963. The summed E-state index contributed by atoms with van der Waals surface area (Å²) in [7, 11) is 1.49. The summed E-state index contributed by atoms with van der Waals surface area (Å²) < 4.78 is 4.91. The third-order valence-corrected chi connectivity index (χ3v) is 6.99. The van der Waals surface area contributed by atoms with Crippen molar-refractivity contribution in [1.82, 2.24) is 4.90 Å². The Balaban J connectivity index is 2.10. The lowest BCUT2D eigenvalue weighted by atomic mass is 9.73. The van der Waals surface area contributed by atoms with Crippen LogP contribution in [0, 0.1) is 35.5 Å². The van der Waals surface area contributed by atoms with Gasteiger partial charge in [0.05, 0.1) is 13.5 Å². The second-order valence-electron chi connectivity index (χ2n) is 9.52. The van der Waals surface area contributed by atoms with Gasteiger partial charge in [0.25, 0.3) is 0 Å². The molecule has 6 atom stereocenters. The lowest BCUT2D eigenvalue weighted by molar-refractivity contribution is -0.141. The number of methoxy groups -OCH3 is 1. The Morgan fingerprint density at radius 2 is 1.41 bits per heavy atom. The maximum atomic E-state index is 11.8. The van der Waals surface area contributed by atoms with Gasteiger partial charge < -0.3 is 9.64 Å². The van der Waals surface area contributed by atoms with E-state index < -0.39 is 0 Å². The lowest BCUT2D eigenvalue weighted by Crippen LogP contribution is -2.43. The highest BCUT2D eigenvalue weighted by atomic mass is 16.5. The molecule has 6 unspecified atom stereocenters. The van der Waals surface area contributed by atoms with Gasteiger partial charge in [-0.1, -0.05) is 51.0 Å². The molecule has 0 bridgehead atoms. The van der Waals surface area contributed by atoms with Crippen LogP contribution in [0.2, 0.25) is 0 Å². The van der Waals surface area contributed by atoms with Gasteiger partial charge in [-0.3, -0.25) is 4.79 Å². The van der Waals surface area contributed by atoms with Crippen LogP contribution in [0.4, 0.5) is 0 Å². The molecule has 0 aromatic heterocycles. The molecular formula is C24H41NO2. The van der Waals surface area contributed by atoms with Gasteiger partial charge in [0.15, 0.2) is 0 Å². The molecule has 0 amide bonds. The SMILES string of the molecule is COC(=O)CCN(CC1C(C)C=C(C)CC1C)CC1C(C)C=C(C)CC1C. The standard InChI is InChI=1S/C24H41NO2/c1-16-10-18(3)22(19(4)11-16)14-25(9-8-24(26)27-7)15-23-20(5)12-17(2)13-21(23)6/h10,12,18-23H,8-9,11,13-15H2,1-7H3. The first-order valence-electron chi connectivity index (χ1n) is 10.8. The van der Waals surface area contributed by atoms with Crippen molar-refractivity contribution in [2.75, 3.05) is 26.7 Å². The molecule has 0 heterocycles.